The monoisotopic (exact) mass is 381 g/mol. The molecule has 0 aliphatic heterocycles. The largest absolute Gasteiger partial charge is 0.396 e. The van der Waals surface area contributed by atoms with Crippen LogP contribution in [0.4, 0.5) is 4.79 Å². The molecular weight excluding hydrogens is 358 g/mol. The zero-order chi connectivity index (χ0) is 18.1. The molecule has 1 aromatic carbocycles. The lowest BCUT2D eigenvalue weighted by molar-refractivity contribution is 0.0942. The van der Waals surface area contributed by atoms with Gasteiger partial charge in [0.15, 0.2) is 5.01 Å². The lowest BCUT2D eigenvalue weighted by atomic mass is 10.1. The molecule has 0 aliphatic rings. The maximum Gasteiger partial charge on any atom is 0.279 e. The first-order valence-corrected chi connectivity index (χ1v) is 10.1. The summed E-state index contributed by atoms with van der Waals surface area (Å²) in [7, 11) is 0. The van der Waals surface area contributed by atoms with Crippen LogP contribution in [0.25, 0.3) is 10.2 Å². The summed E-state index contributed by atoms with van der Waals surface area (Å²) in [6.07, 6.45) is 2.65. The Morgan fingerprint density at radius 1 is 1.28 bits per heavy atom. The van der Waals surface area contributed by atoms with E-state index in [2.05, 4.69) is 10.3 Å². The van der Waals surface area contributed by atoms with Gasteiger partial charge < -0.3 is 16.2 Å². The van der Waals surface area contributed by atoms with Gasteiger partial charge in [0.05, 0.1) is 16.3 Å². The van der Waals surface area contributed by atoms with Gasteiger partial charge in [-0.1, -0.05) is 23.9 Å². The lowest BCUT2D eigenvalue weighted by Gasteiger charge is -2.16. The number of para-hydroxylation sites is 1. The fraction of sp³-hybridized carbons (Fsp3) is 0.471. The molecule has 1 atom stereocenters. The van der Waals surface area contributed by atoms with Gasteiger partial charge >= 0.3 is 0 Å². The molecule has 1 aromatic heterocycles. The Hall–Kier alpha value is -1.48. The van der Waals surface area contributed by atoms with Crippen LogP contribution in [0.5, 0.6) is 0 Å². The van der Waals surface area contributed by atoms with Crippen LogP contribution in [0, 0.1) is 0 Å². The van der Waals surface area contributed by atoms with Crippen molar-refractivity contribution >= 4 is 44.3 Å². The third-order valence-corrected chi connectivity index (χ3v) is 5.52. The molecule has 0 radical (unpaired) electrons. The summed E-state index contributed by atoms with van der Waals surface area (Å²) in [6, 6.07) is 6.99. The Morgan fingerprint density at radius 2 is 2.08 bits per heavy atom. The van der Waals surface area contributed by atoms with Gasteiger partial charge in [0.2, 0.25) is 5.78 Å². The highest BCUT2D eigenvalue weighted by molar-refractivity contribution is 8.13. The van der Waals surface area contributed by atoms with Crippen molar-refractivity contribution in [3.8, 4) is 0 Å². The van der Waals surface area contributed by atoms with Crippen LogP contribution >= 0.6 is 23.1 Å². The van der Waals surface area contributed by atoms with E-state index in [1.807, 2.05) is 24.3 Å². The number of nitrogens with zero attached hydrogens (tertiary/aromatic N) is 1. The van der Waals surface area contributed by atoms with Crippen molar-refractivity contribution in [2.75, 3.05) is 18.9 Å². The number of hydrogen-bond donors (Lipinski definition) is 3. The molecule has 8 heteroatoms. The van der Waals surface area contributed by atoms with Gasteiger partial charge in [0, 0.05) is 12.4 Å². The Kier molecular flexibility index (Phi) is 8.33. The number of aliphatic hydroxyl groups is 1. The zero-order valence-electron chi connectivity index (χ0n) is 13.9. The topological polar surface area (TPSA) is 105 Å². The summed E-state index contributed by atoms with van der Waals surface area (Å²) < 4.78 is 0.954. The number of amides is 1. The van der Waals surface area contributed by atoms with Crippen molar-refractivity contribution in [3.05, 3.63) is 29.3 Å². The normalized spacial score (nSPS) is 12.2. The molecule has 0 saturated carbocycles. The van der Waals surface area contributed by atoms with Crippen LogP contribution in [-0.4, -0.2) is 46.1 Å². The fourth-order valence-corrected chi connectivity index (χ4v) is 3.95. The number of nitrogens with two attached hydrogens (primary N) is 1. The Morgan fingerprint density at radius 3 is 2.80 bits per heavy atom. The Balaban J connectivity index is 2.06. The molecule has 25 heavy (non-hydrogen) atoms. The van der Waals surface area contributed by atoms with Gasteiger partial charge in [-0.05, 0) is 44.4 Å². The number of benzene rings is 1. The Bertz CT molecular complexity index is 672. The smallest absolute Gasteiger partial charge is 0.279 e. The molecule has 0 saturated heterocycles. The van der Waals surface area contributed by atoms with E-state index in [1.165, 1.54) is 11.3 Å². The van der Waals surface area contributed by atoms with Crippen LogP contribution in [0.3, 0.4) is 0 Å². The number of thiazole rings is 1. The highest BCUT2D eigenvalue weighted by Crippen LogP contribution is 2.23. The molecule has 2 rings (SSSR count). The van der Waals surface area contributed by atoms with Crippen molar-refractivity contribution in [1.82, 2.24) is 10.3 Å². The third-order valence-electron chi connectivity index (χ3n) is 3.60. The van der Waals surface area contributed by atoms with Gasteiger partial charge in [-0.2, -0.15) is 0 Å². The highest BCUT2D eigenvalue weighted by atomic mass is 32.2. The number of fused-ring (bicyclic) bond motifs is 1. The molecular formula is C17H23N3O3S2. The number of hydrogen-bond acceptors (Lipinski definition) is 7. The SMILES string of the molecule is NCCCC[C@H](NC(=O)SCCCO)C(=O)c1nc2ccccc2s1. The number of thioether (sulfide) groups is 1. The van der Waals surface area contributed by atoms with Crippen molar-refractivity contribution in [2.24, 2.45) is 5.73 Å². The van der Waals surface area contributed by atoms with E-state index < -0.39 is 6.04 Å². The molecule has 6 nitrogen and oxygen atoms in total. The molecule has 0 unspecified atom stereocenters. The molecule has 1 heterocycles. The van der Waals surface area contributed by atoms with Crippen LogP contribution in [0.2, 0.25) is 0 Å². The second-order valence-electron chi connectivity index (χ2n) is 5.55. The molecule has 136 valence electrons. The average molecular weight is 382 g/mol. The number of aliphatic hydroxyl groups excluding tert-OH is 1. The molecule has 0 fully saturated rings. The van der Waals surface area contributed by atoms with Gasteiger partial charge in [-0.15, -0.1) is 11.3 Å². The molecule has 2 aromatic rings. The number of Topliss-reactive ketones (excluding diaryl/α,β-unsaturated/α-hetero) is 1. The van der Waals surface area contributed by atoms with Crippen LogP contribution in [0.15, 0.2) is 24.3 Å². The Labute approximate surface area is 155 Å². The predicted octanol–water partition coefficient (Wildman–Crippen LogP) is 2.80. The van der Waals surface area contributed by atoms with E-state index in [4.69, 9.17) is 10.8 Å². The number of rotatable bonds is 10. The van der Waals surface area contributed by atoms with E-state index in [1.54, 1.807) is 0 Å². The molecule has 0 spiro atoms. The maximum absolute atomic E-state index is 12.8. The highest BCUT2D eigenvalue weighted by Gasteiger charge is 2.24. The van der Waals surface area contributed by atoms with E-state index in [-0.39, 0.29) is 17.6 Å². The average Bonchev–Trinajstić information content (AvgIpc) is 3.05. The minimum Gasteiger partial charge on any atom is -0.396 e. The zero-order valence-corrected chi connectivity index (χ0v) is 15.6. The number of ketones is 1. The fourth-order valence-electron chi connectivity index (χ4n) is 2.30. The van der Waals surface area contributed by atoms with Gasteiger partial charge in [0.25, 0.3) is 5.24 Å². The third kappa shape index (κ3) is 6.07. The van der Waals surface area contributed by atoms with Crippen molar-refractivity contribution in [3.63, 3.8) is 0 Å². The van der Waals surface area contributed by atoms with Crippen molar-refractivity contribution < 1.29 is 14.7 Å². The van der Waals surface area contributed by atoms with E-state index >= 15 is 0 Å². The van der Waals surface area contributed by atoms with Crippen molar-refractivity contribution in [2.45, 2.75) is 31.7 Å². The van der Waals surface area contributed by atoms with E-state index in [0.717, 1.165) is 34.8 Å². The summed E-state index contributed by atoms with van der Waals surface area (Å²) in [6.45, 7) is 0.603. The molecule has 0 aliphatic carbocycles. The number of aromatic nitrogens is 1. The number of unbranched alkanes of at least 4 members (excludes halogenated alkanes) is 1. The number of nitrogens with one attached hydrogen (secondary N) is 1. The minimum absolute atomic E-state index is 0.0465. The first kappa shape index (κ1) is 19.8. The van der Waals surface area contributed by atoms with Crippen LogP contribution < -0.4 is 11.1 Å². The first-order chi connectivity index (χ1) is 12.2. The van der Waals surface area contributed by atoms with E-state index in [0.29, 0.717) is 30.1 Å². The van der Waals surface area contributed by atoms with E-state index in [9.17, 15) is 9.59 Å². The summed E-state index contributed by atoms with van der Waals surface area (Å²) in [5.41, 5.74) is 6.32. The second-order valence-corrected chi connectivity index (χ2v) is 7.64. The van der Waals surface area contributed by atoms with Crippen LogP contribution in [0.1, 0.15) is 35.5 Å². The predicted molar refractivity (Wildman–Crippen MR) is 103 cm³/mol. The lowest BCUT2D eigenvalue weighted by Crippen LogP contribution is -2.39. The minimum atomic E-state index is -0.596. The van der Waals surface area contributed by atoms with Gasteiger partial charge in [-0.3, -0.25) is 9.59 Å². The number of carbonyl (C=O) groups excluding carboxylic acids is 2. The summed E-state index contributed by atoms with van der Waals surface area (Å²) in [4.78, 5) is 29.3. The van der Waals surface area contributed by atoms with Crippen LogP contribution in [-0.2, 0) is 0 Å². The van der Waals surface area contributed by atoms with Gasteiger partial charge in [-0.25, -0.2) is 4.98 Å². The quantitative estimate of drug-likeness (QED) is 0.432. The summed E-state index contributed by atoms with van der Waals surface area (Å²) in [5, 5.41) is 11.8. The maximum atomic E-state index is 12.8. The summed E-state index contributed by atoms with van der Waals surface area (Å²) in [5.74, 6) is 0.363. The second kappa shape index (κ2) is 10.5. The molecule has 1 amide bonds. The standard InChI is InChI=1S/C17H23N3O3S2/c18-9-4-3-7-13(20-17(23)24-11-5-10-21)15(22)16-19-12-6-1-2-8-14(12)25-16/h1-2,6,8,13,21H,3-5,7,9-11,18H2,(H,20,23)/t13-/m0/s1. The summed E-state index contributed by atoms with van der Waals surface area (Å²) >= 11 is 2.43. The molecule has 0 bridgehead atoms. The van der Waals surface area contributed by atoms with Gasteiger partial charge in [0.1, 0.15) is 0 Å². The molecule has 4 N–H and O–H groups in total. The first-order valence-electron chi connectivity index (χ1n) is 8.29. The number of carbonyl (C=O) groups is 2. The van der Waals surface area contributed by atoms with Crippen molar-refractivity contribution in [1.29, 1.82) is 0 Å².